The first-order chi connectivity index (χ1) is 5.70. The van der Waals surface area contributed by atoms with Gasteiger partial charge in [-0.15, -0.1) is 0 Å². The Morgan fingerprint density at radius 1 is 1.33 bits per heavy atom. The molecule has 1 aliphatic carbocycles. The molecule has 60 valence electrons. The van der Waals surface area contributed by atoms with E-state index in [4.69, 9.17) is 0 Å². The molecule has 0 fully saturated rings. The Labute approximate surface area is 69.5 Å². The first-order valence-electron chi connectivity index (χ1n) is 3.65. The fraction of sp³-hybridized carbons (Fsp3) is 0.111. The highest BCUT2D eigenvalue weighted by Gasteiger charge is 2.28. The molecule has 0 saturated heterocycles. The van der Waals surface area contributed by atoms with Crippen LogP contribution in [-0.4, -0.2) is 11.7 Å². The van der Waals surface area contributed by atoms with Crippen LogP contribution in [0.5, 0.6) is 0 Å². The number of amides is 1. The quantitative estimate of drug-likeness (QED) is 0.560. The summed E-state index contributed by atoms with van der Waals surface area (Å²) in [6.45, 7) is 1.66. The number of hydrogen-bond acceptors (Lipinski definition) is 2. The Morgan fingerprint density at radius 2 is 2.08 bits per heavy atom. The SMILES string of the molecule is CC1=C2C(=O)C=CC=C2NC1=O. The molecular formula is C9H7NO2. The number of carbonyl (C=O) groups is 2. The van der Waals surface area contributed by atoms with Gasteiger partial charge >= 0.3 is 0 Å². The molecule has 0 atom stereocenters. The highest BCUT2D eigenvalue weighted by Crippen LogP contribution is 2.23. The van der Waals surface area contributed by atoms with Crippen molar-refractivity contribution in [2.45, 2.75) is 6.92 Å². The number of ketones is 1. The van der Waals surface area contributed by atoms with E-state index < -0.39 is 0 Å². The van der Waals surface area contributed by atoms with Gasteiger partial charge < -0.3 is 5.32 Å². The minimum absolute atomic E-state index is 0.0941. The molecule has 1 heterocycles. The summed E-state index contributed by atoms with van der Waals surface area (Å²) in [7, 11) is 0. The van der Waals surface area contributed by atoms with Crippen molar-refractivity contribution in [3.8, 4) is 0 Å². The van der Waals surface area contributed by atoms with E-state index in [2.05, 4.69) is 5.32 Å². The average Bonchev–Trinajstić information content (AvgIpc) is 2.29. The minimum Gasteiger partial charge on any atom is -0.322 e. The summed E-state index contributed by atoms with van der Waals surface area (Å²) in [5.41, 5.74) is 1.66. The Morgan fingerprint density at radius 3 is 2.75 bits per heavy atom. The van der Waals surface area contributed by atoms with E-state index in [-0.39, 0.29) is 11.7 Å². The summed E-state index contributed by atoms with van der Waals surface area (Å²) in [6.07, 6.45) is 4.83. The van der Waals surface area contributed by atoms with E-state index in [1.54, 1.807) is 19.1 Å². The maximum absolute atomic E-state index is 11.3. The summed E-state index contributed by atoms with van der Waals surface area (Å²) in [6, 6.07) is 0. The van der Waals surface area contributed by atoms with Crippen LogP contribution in [0.4, 0.5) is 0 Å². The van der Waals surface area contributed by atoms with Crippen LogP contribution < -0.4 is 5.32 Å². The summed E-state index contributed by atoms with van der Waals surface area (Å²) >= 11 is 0. The third-order valence-corrected chi connectivity index (χ3v) is 1.99. The lowest BCUT2D eigenvalue weighted by Crippen LogP contribution is -2.16. The van der Waals surface area contributed by atoms with Crippen LogP contribution in [0.2, 0.25) is 0 Å². The van der Waals surface area contributed by atoms with Gasteiger partial charge in [-0.1, -0.05) is 6.08 Å². The summed E-state index contributed by atoms with van der Waals surface area (Å²) < 4.78 is 0. The second kappa shape index (κ2) is 2.17. The third kappa shape index (κ3) is 0.763. The molecule has 1 aliphatic heterocycles. The number of carbonyl (C=O) groups excluding carboxylic acids is 2. The third-order valence-electron chi connectivity index (χ3n) is 1.99. The van der Waals surface area contributed by atoms with Crippen molar-refractivity contribution in [1.29, 1.82) is 0 Å². The fourth-order valence-corrected chi connectivity index (χ4v) is 1.35. The van der Waals surface area contributed by atoms with Gasteiger partial charge in [0.05, 0.1) is 11.3 Å². The molecule has 1 N–H and O–H groups in total. The largest absolute Gasteiger partial charge is 0.322 e. The van der Waals surface area contributed by atoms with Gasteiger partial charge in [0.15, 0.2) is 5.78 Å². The van der Waals surface area contributed by atoms with Crippen LogP contribution in [0.3, 0.4) is 0 Å². The fourth-order valence-electron chi connectivity index (χ4n) is 1.35. The van der Waals surface area contributed by atoms with Crippen LogP contribution in [0.1, 0.15) is 6.92 Å². The van der Waals surface area contributed by atoms with E-state index in [1.807, 2.05) is 0 Å². The molecule has 3 heteroatoms. The molecule has 0 spiro atoms. The monoisotopic (exact) mass is 161 g/mol. The van der Waals surface area contributed by atoms with Crippen molar-refractivity contribution in [2.75, 3.05) is 0 Å². The first-order valence-corrected chi connectivity index (χ1v) is 3.65. The lowest BCUT2D eigenvalue weighted by molar-refractivity contribution is -0.116. The van der Waals surface area contributed by atoms with Gasteiger partial charge in [0, 0.05) is 5.57 Å². The lowest BCUT2D eigenvalue weighted by atomic mass is 10.0. The van der Waals surface area contributed by atoms with Crippen molar-refractivity contribution in [3.63, 3.8) is 0 Å². The van der Waals surface area contributed by atoms with E-state index in [1.165, 1.54) is 6.08 Å². The summed E-state index contributed by atoms with van der Waals surface area (Å²) in [5.74, 6) is -0.267. The van der Waals surface area contributed by atoms with Gasteiger partial charge in [0.25, 0.3) is 5.91 Å². The predicted molar refractivity (Wildman–Crippen MR) is 43.1 cm³/mol. The second-order valence-corrected chi connectivity index (χ2v) is 2.76. The van der Waals surface area contributed by atoms with Crippen molar-refractivity contribution < 1.29 is 9.59 Å². The van der Waals surface area contributed by atoms with Gasteiger partial charge in [-0.25, -0.2) is 0 Å². The lowest BCUT2D eigenvalue weighted by Gasteiger charge is -2.03. The maximum Gasteiger partial charge on any atom is 0.252 e. The van der Waals surface area contributed by atoms with Gasteiger partial charge in [-0.05, 0) is 19.1 Å². The predicted octanol–water partition coefficient (Wildman–Crippen LogP) is 0.456. The normalized spacial score (nSPS) is 20.9. The molecular weight excluding hydrogens is 154 g/mol. The van der Waals surface area contributed by atoms with Gasteiger partial charge in [-0.3, -0.25) is 9.59 Å². The second-order valence-electron chi connectivity index (χ2n) is 2.76. The van der Waals surface area contributed by atoms with Crippen molar-refractivity contribution in [3.05, 3.63) is 35.1 Å². The Bertz CT molecular complexity index is 372. The molecule has 0 saturated carbocycles. The molecule has 0 radical (unpaired) electrons. The molecule has 0 unspecified atom stereocenters. The number of fused-ring (bicyclic) bond motifs is 1. The molecule has 3 nitrogen and oxygen atoms in total. The van der Waals surface area contributed by atoms with Gasteiger partial charge in [-0.2, -0.15) is 0 Å². The molecule has 2 rings (SSSR count). The van der Waals surface area contributed by atoms with E-state index in [0.29, 0.717) is 16.8 Å². The van der Waals surface area contributed by atoms with Crippen LogP contribution in [0.15, 0.2) is 35.1 Å². The van der Waals surface area contributed by atoms with Gasteiger partial charge in [0.1, 0.15) is 0 Å². The van der Waals surface area contributed by atoms with Crippen molar-refractivity contribution in [1.82, 2.24) is 5.32 Å². The van der Waals surface area contributed by atoms with Crippen LogP contribution in [0.25, 0.3) is 0 Å². The molecule has 12 heavy (non-hydrogen) atoms. The number of nitrogens with one attached hydrogen (secondary N) is 1. The Hall–Kier alpha value is -1.64. The summed E-state index contributed by atoms with van der Waals surface area (Å²) in [4.78, 5) is 22.4. The number of hydrogen-bond donors (Lipinski definition) is 1. The molecule has 0 aromatic rings. The zero-order chi connectivity index (χ0) is 8.72. The Balaban J connectivity index is 2.61. The zero-order valence-corrected chi connectivity index (χ0v) is 6.55. The molecule has 0 bridgehead atoms. The standard InChI is InChI=1S/C9H7NO2/c1-5-8-6(10-9(5)12)3-2-4-7(8)11/h2-4H,1H3,(H,10,12). The van der Waals surface area contributed by atoms with Crippen LogP contribution in [0, 0.1) is 0 Å². The highest BCUT2D eigenvalue weighted by molar-refractivity contribution is 6.17. The van der Waals surface area contributed by atoms with E-state index in [9.17, 15) is 9.59 Å². The van der Waals surface area contributed by atoms with Crippen LogP contribution >= 0.6 is 0 Å². The smallest absolute Gasteiger partial charge is 0.252 e. The minimum atomic E-state index is -0.173. The zero-order valence-electron chi connectivity index (χ0n) is 6.55. The van der Waals surface area contributed by atoms with Gasteiger partial charge in [0.2, 0.25) is 0 Å². The first kappa shape index (κ1) is 7.03. The molecule has 0 aromatic heterocycles. The van der Waals surface area contributed by atoms with Crippen molar-refractivity contribution in [2.24, 2.45) is 0 Å². The Kier molecular flexibility index (Phi) is 1.27. The van der Waals surface area contributed by atoms with E-state index in [0.717, 1.165) is 0 Å². The van der Waals surface area contributed by atoms with Crippen LogP contribution in [-0.2, 0) is 9.59 Å². The van der Waals surface area contributed by atoms with Crippen molar-refractivity contribution >= 4 is 11.7 Å². The topological polar surface area (TPSA) is 46.2 Å². The molecule has 1 amide bonds. The number of allylic oxidation sites excluding steroid dienone is 4. The number of rotatable bonds is 0. The average molecular weight is 161 g/mol. The molecule has 2 aliphatic rings. The van der Waals surface area contributed by atoms with E-state index >= 15 is 0 Å². The highest BCUT2D eigenvalue weighted by atomic mass is 16.2. The summed E-state index contributed by atoms with van der Waals surface area (Å²) in [5, 5.41) is 2.61. The molecule has 0 aromatic carbocycles. The maximum atomic E-state index is 11.3.